The second-order valence-corrected chi connectivity index (χ2v) is 5.30. The van der Waals surface area contributed by atoms with Crippen molar-refractivity contribution in [2.45, 2.75) is 13.0 Å². The van der Waals surface area contributed by atoms with Crippen LogP contribution in [0.5, 0.6) is 0 Å². The van der Waals surface area contributed by atoms with Crippen molar-refractivity contribution < 1.29 is 14.8 Å². The third-order valence-electron chi connectivity index (χ3n) is 3.64. The first-order chi connectivity index (χ1) is 11.5. The lowest BCUT2D eigenvalue weighted by atomic mass is 10.1. The summed E-state index contributed by atoms with van der Waals surface area (Å²) >= 11 is 0. The molecule has 0 spiro atoms. The van der Waals surface area contributed by atoms with Gasteiger partial charge in [-0.1, -0.05) is 18.2 Å². The maximum Gasteiger partial charge on any atom is 0.275 e. The number of anilines is 1. The number of hydrogen-bond acceptors (Lipinski definition) is 5. The number of nitrogens with zero attached hydrogens (tertiary/aromatic N) is 2. The zero-order valence-corrected chi connectivity index (χ0v) is 13.1. The maximum absolute atomic E-state index is 11.3. The number of aliphatic hydroxyl groups excluding tert-OH is 1. The molecule has 0 fully saturated rings. The molecule has 2 aromatic carbocycles. The molecule has 0 unspecified atom stereocenters. The number of aliphatic hydroxyl groups is 1. The standard InChI is InChI=1S/C17H19N3O4/c18-17(22)13-7-8-14(16(11-13)20(23)24)12-19(9-4-10-21)15-5-2-1-3-6-15/h1-3,5-8,11,21H,4,9-10,12H2,(H2,18,22). The number of para-hydroxylation sites is 1. The van der Waals surface area contributed by atoms with Crippen LogP contribution in [0.2, 0.25) is 0 Å². The second-order valence-electron chi connectivity index (χ2n) is 5.30. The van der Waals surface area contributed by atoms with Gasteiger partial charge >= 0.3 is 0 Å². The van der Waals surface area contributed by atoms with E-state index in [4.69, 9.17) is 10.8 Å². The van der Waals surface area contributed by atoms with Gasteiger partial charge in [-0.15, -0.1) is 0 Å². The van der Waals surface area contributed by atoms with Gasteiger partial charge in [0.2, 0.25) is 5.91 Å². The highest BCUT2D eigenvalue weighted by Crippen LogP contribution is 2.25. The Morgan fingerprint density at radius 1 is 1.21 bits per heavy atom. The predicted molar refractivity (Wildman–Crippen MR) is 90.8 cm³/mol. The molecule has 2 aromatic rings. The minimum Gasteiger partial charge on any atom is -0.396 e. The van der Waals surface area contributed by atoms with Crippen molar-refractivity contribution in [2.75, 3.05) is 18.1 Å². The minimum atomic E-state index is -0.704. The molecule has 0 radical (unpaired) electrons. The molecular formula is C17H19N3O4. The van der Waals surface area contributed by atoms with E-state index in [1.165, 1.54) is 12.1 Å². The van der Waals surface area contributed by atoms with Crippen LogP contribution in [0, 0.1) is 10.1 Å². The van der Waals surface area contributed by atoms with E-state index in [0.717, 1.165) is 5.69 Å². The summed E-state index contributed by atoms with van der Waals surface area (Å²) in [6.45, 7) is 0.876. The molecule has 0 aliphatic rings. The van der Waals surface area contributed by atoms with Gasteiger partial charge in [-0.2, -0.15) is 0 Å². The summed E-state index contributed by atoms with van der Waals surface area (Å²) in [6.07, 6.45) is 0.544. The first-order valence-corrected chi connectivity index (χ1v) is 7.51. The molecule has 1 amide bonds. The number of benzene rings is 2. The Morgan fingerprint density at radius 2 is 1.92 bits per heavy atom. The van der Waals surface area contributed by atoms with Crippen LogP contribution < -0.4 is 10.6 Å². The minimum absolute atomic E-state index is 0.0338. The zero-order valence-electron chi connectivity index (χ0n) is 13.1. The Labute approximate surface area is 139 Å². The highest BCUT2D eigenvalue weighted by Gasteiger charge is 2.19. The summed E-state index contributed by atoms with van der Waals surface area (Å²) in [6, 6.07) is 13.7. The fourth-order valence-corrected chi connectivity index (χ4v) is 2.43. The molecule has 0 saturated heterocycles. The van der Waals surface area contributed by atoms with Crippen LogP contribution in [0.3, 0.4) is 0 Å². The number of nitro groups is 1. The normalized spacial score (nSPS) is 10.4. The summed E-state index contributed by atoms with van der Waals surface area (Å²) in [5.74, 6) is -0.704. The summed E-state index contributed by atoms with van der Waals surface area (Å²) in [4.78, 5) is 24.0. The number of carbonyl (C=O) groups is 1. The van der Waals surface area contributed by atoms with Crippen molar-refractivity contribution in [3.05, 3.63) is 69.8 Å². The number of amides is 1. The summed E-state index contributed by atoms with van der Waals surface area (Å²) < 4.78 is 0. The van der Waals surface area contributed by atoms with Crippen LogP contribution in [-0.4, -0.2) is 29.1 Å². The summed E-state index contributed by atoms with van der Waals surface area (Å²) in [7, 11) is 0. The van der Waals surface area contributed by atoms with Crippen LogP contribution in [0.15, 0.2) is 48.5 Å². The van der Waals surface area contributed by atoms with E-state index in [2.05, 4.69) is 0 Å². The van der Waals surface area contributed by atoms with Crippen molar-refractivity contribution in [2.24, 2.45) is 5.73 Å². The molecule has 3 N–H and O–H groups in total. The van der Waals surface area contributed by atoms with E-state index in [1.54, 1.807) is 6.07 Å². The van der Waals surface area contributed by atoms with E-state index in [9.17, 15) is 14.9 Å². The number of hydrogen-bond donors (Lipinski definition) is 2. The van der Waals surface area contributed by atoms with Crippen molar-refractivity contribution in [1.82, 2.24) is 0 Å². The average molecular weight is 329 g/mol. The van der Waals surface area contributed by atoms with Gasteiger partial charge in [0.15, 0.2) is 0 Å². The number of nitro benzene ring substituents is 1. The van der Waals surface area contributed by atoms with E-state index < -0.39 is 10.8 Å². The van der Waals surface area contributed by atoms with Crippen molar-refractivity contribution in [1.29, 1.82) is 0 Å². The highest BCUT2D eigenvalue weighted by molar-refractivity contribution is 5.93. The SMILES string of the molecule is NC(=O)c1ccc(CN(CCCO)c2ccccc2)c([N+](=O)[O-])c1. The summed E-state index contributed by atoms with van der Waals surface area (Å²) in [5.41, 5.74) is 6.53. The van der Waals surface area contributed by atoms with Gasteiger partial charge in [-0.05, 0) is 30.7 Å². The molecule has 0 aliphatic carbocycles. The Kier molecular flexibility index (Phi) is 5.86. The van der Waals surface area contributed by atoms with Crippen LogP contribution in [0.4, 0.5) is 11.4 Å². The molecule has 2 rings (SSSR count). The fraction of sp³-hybridized carbons (Fsp3) is 0.235. The van der Waals surface area contributed by atoms with Crippen molar-refractivity contribution in [3.8, 4) is 0 Å². The Morgan fingerprint density at radius 3 is 2.50 bits per heavy atom. The largest absolute Gasteiger partial charge is 0.396 e. The molecule has 126 valence electrons. The van der Waals surface area contributed by atoms with Crippen LogP contribution in [0.1, 0.15) is 22.3 Å². The molecule has 0 aliphatic heterocycles. The molecule has 0 bridgehead atoms. The van der Waals surface area contributed by atoms with Gasteiger partial charge < -0.3 is 15.7 Å². The molecule has 0 heterocycles. The Hall–Kier alpha value is -2.93. The molecular weight excluding hydrogens is 310 g/mol. The lowest BCUT2D eigenvalue weighted by Gasteiger charge is -2.24. The van der Waals surface area contributed by atoms with Crippen LogP contribution in [-0.2, 0) is 6.54 Å². The van der Waals surface area contributed by atoms with E-state index in [0.29, 0.717) is 25.1 Å². The molecule has 7 nitrogen and oxygen atoms in total. The van der Waals surface area contributed by atoms with E-state index >= 15 is 0 Å². The van der Waals surface area contributed by atoms with Crippen LogP contribution >= 0.6 is 0 Å². The summed E-state index contributed by atoms with van der Waals surface area (Å²) in [5, 5.41) is 20.4. The first kappa shape index (κ1) is 17.4. The lowest BCUT2D eigenvalue weighted by molar-refractivity contribution is -0.385. The second kappa shape index (κ2) is 8.07. The van der Waals surface area contributed by atoms with E-state index in [1.807, 2.05) is 35.2 Å². The highest BCUT2D eigenvalue weighted by atomic mass is 16.6. The van der Waals surface area contributed by atoms with Gasteiger partial charge in [0, 0.05) is 42.6 Å². The zero-order chi connectivity index (χ0) is 17.5. The molecule has 0 saturated carbocycles. The van der Waals surface area contributed by atoms with Gasteiger partial charge in [0.05, 0.1) is 4.92 Å². The predicted octanol–water partition coefficient (Wildman–Crippen LogP) is 2.08. The third kappa shape index (κ3) is 4.30. The molecule has 24 heavy (non-hydrogen) atoms. The van der Waals surface area contributed by atoms with Crippen molar-refractivity contribution >= 4 is 17.3 Å². The fourth-order valence-electron chi connectivity index (χ4n) is 2.43. The van der Waals surface area contributed by atoms with Gasteiger partial charge in [0.1, 0.15) is 0 Å². The Balaban J connectivity index is 2.34. The van der Waals surface area contributed by atoms with Gasteiger partial charge in [0.25, 0.3) is 5.69 Å². The number of primary amides is 1. The molecule has 0 aromatic heterocycles. The number of carbonyl (C=O) groups excluding carboxylic acids is 1. The Bertz CT molecular complexity index is 719. The average Bonchev–Trinajstić information content (AvgIpc) is 2.59. The molecule has 7 heteroatoms. The molecule has 0 atom stereocenters. The van der Waals surface area contributed by atoms with Gasteiger partial charge in [-0.3, -0.25) is 14.9 Å². The maximum atomic E-state index is 11.3. The van der Waals surface area contributed by atoms with Crippen molar-refractivity contribution in [3.63, 3.8) is 0 Å². The van der Waals surface area contributed by atoms with Gasteiger partial charge in [-0.25, -0.2) is 0 Å². The monoisotopic (exact) mass is 329 g/mol. The number of nitrogens with two attached hydrogens (primary N) is 1. The quantitative estimate of drug-likeness (QED) is 0.569. The van der Waals surface area contributed by atoms with E-state index in [-0.39, 0.29) is 17.9 Å². The first-order valence-electron chi connectivity index (χ1n) is 7.51. The number of rotatable bonds is 8. The topological polar surface area (TPSA) is 110 Å². The third-order valence-corrected chi connectivity index (χ3v) is 3.64. The smallest absolute Gasteiger partial charge is 0.275 e. The lowest BCUT2D eigenvalue weighted by Crippen LogP contribution is -2.25. The van der Waals surface area contributed by atoms with Crippen LogP contribution in [0.25, 0.3) is 0 Å².